The van der Waals surface area contributed by atoms with Crippen molar-refractivity contribution in [3.05, 3.63) is 28.0 Å². The van der Waals surface area contributed by atoms with Crippen molar-refractivity contribution in [1.82, 2.24) is 10.6 Å². The molecule has 1 aromatic heterocycles. The van der Waals surface area contributed by atoms with Gasteiger partial charge in [0.25, 0.3) is 0 Å². The topological polar surface area (TPSA) is 78.4 Å². The molecule has 0 saturated carbocycles. The molecule has 0 atom stereocenters. The molecule has 6 heteroatoms. The number of thiophene rings is 1. The summed E-state index contributed by atoms with van der Waals surface area (Å²) in [6.45, 7) is 3.12. The Hall–Kier alpha value is -1.82. The Morgan fingerprint density at radius 2 is 2.21 bits per heavy atom. The van der Waals surface area contributed by atoms with Crippen molar-refractivity contribution in [3.63, 3.8) is 0 Å². The molecule has 19 heavy (non-hydrogen) atoms. The van der Waals surface area contributed by atoms with E-state index < -0.39 is 5.97 Å². The SMILES string of the molecule is CCCCNC(=O)NCc1sccc1C=CC(=O)O. The number of carboxylic acids is 1. The van der Waals surface area contributed by atoms with Gasteiger partial charge in [-0.1, -0.05) is 13.3 Å². The molecule has 0 fully saturated rings. The van der Waals surface area contributed by atoms with Crippen LogP contribution in [0, 0.1) is 0 Å². The van der Waals surface area contributed by atoms with Gasteiger partial charge in [-0.25, -0.2) is 9.59 Å². The van der Waals surface area contributed by atoms with Crippen LogP contribution in [-0.2, 0) is 11.3 Å². The van der Waals surface area contributed by atoms with Crippen LogP contribution < -0.4 is 10.6 Å². The van der Waals surface area contributed by atoms with Crippen LogP contribution in [0.5, 0.6) is 0 Å². The molecule has 0 aromatic carbocycles. The zero-order valence-electron chi connectivity index (χ0n) is 10.8. The van der Waals surface area contributed by atoms with E-state index in [0.717, 1.165) is 29.4 Å². The average molecular weight is 282 g/mol. The number of carbonyl (C=O) groups excluding carboxylic acids is 1. The molecule has 0 radical (unpaired) electrons. The molecule has 0 aliphatic rings. The van der Waals surface area contributed by atoms with Crippen LogP contribution in [0.4, 0.5) is 4.79 Å². The lowest BCUT2D eigenvalue weighted by molar-refractivity contribution is -0.131. The molecule has 104 valence electrons. The number of carboxylic acid groups (broad SMARTS) is 1. The van der Waals surface area contributed by atoms with E-state index in [9.17, 15) is 9.59 Å². The average Bonchev–Trinajstić information content (AvgIpc) is 2.81. The third kappa shape index (κ3) is 6.05. The van der Waals surface area contributed by atoms with Crippen molar-refractivity contribution in [1.29, 1.82) is 0 Å². The van der Waals surface area contributed by atoms with Crippen LogP contribution >= 0.6 is 11.3 Å². The van der Waals surface area contributed by atoms with Crippen molar-refractivity contribution in [2.75, 3.05) is 6.54 Å². The lowest BCUT2D eigenvalue weighted by Gasteiger charge is -2.06. The van der Waals surface area contributed by atoms with E-state index >= 15 is 0 Å². The number of hydrogen-bond acceptors (Lipinski definition) is 3. The maximum absolute atomic E-state index is 11.5. The summed E-state index contributed by atoms with van der Waals surface area (Å²) in [5.74, 6) is -0.984. The van der Waals surface area contributed by atoms with Crippen LogP contribution in [0.2, 0.25) is 0 Å². The third-order valence-corrected chi connectivity index (χ3v) is 3.35. The Labute approximate surface area is 116 Å². The number of nitrogens with one attached hydrogen (secondary N) is 2. The van der Waals surface area contributed by atoms with Crippen LogP contribution in [0.3, 0.4) is 0 Å². The lowest BCUT2D eigenvalue weighted by Crippen LogP contribution is -2.35. The zero-order valence-corrected chi connectivity index (χ0v) is 11.6. The molecule has 0 aliphatic heterocycles. The smallest absolute Gasteiger partial charge is 0.328 e. The summed E-state index contributed by atoms with van der Waals surface area (Å²) in [7, 11) is 0. The van der Waals surface area contributed by atoms with E-state index in [1.165, 1.54) is 17.4 Å². The Morgan fingerprint density at radius 3 is 2.89 bits per heavy atom. The Morgan fingerprint density at radius 1 is 1.42 bits per heavy atom. The zero-order chi connectivity index (χ0) is 14.1. The highest BCUT2D eigenvalue weighted by atomic mass is 32.1. The highest BCUT2D eigenvalue weighted by Crippen LogP contribution is 2.17. The van der Waals surface area contributed by atoms with Crippen molar-refractivity contribution >= 4 is 29.4 Å². The molecule has 2 amide bonds. The minimum atomic E-state index is -0.984. The fourth-order valence-corrected chi connectivity index (χ4v) is 2.21. The third-order valence-electron chi connectivity index (χ3n) is 2.41. The van der Waals surface area contributed by atoms with E-state index in [4.69, 9.17) is 5.11 Å². The van der Waals surface area contributed by atoms with Crippen LogP contribution in [0.1, 0.15) is 30.2 Å². The number of amides is 2. The van der Waals surface area contributed by atoms with Gasteiger partial charge in [0.15, 0.2) is 0 Å². The largest absolute Gasteiger partial charge is 0.478 e. The Bertz CT molecular complexity index is 454. The summed E-state index contributed by atoms with van der Waals surface area (Å²) >= 11 is 1.48. The van der Waals surface area contributed by atoms with Gasteiger partial charge in [0.1, 0.15) is 0 Å². The Balaban J connectivity index is 2.43. The second-order valence-electron chi connectivity index (χ2n) is 3.93. The highest BCUT2D eigenvalue weighted by molar-refractivity contribution is 7.10. The normalized spacial score (nSPS) is 10.6. The quantitative estimate of drug-likeness (QED) is 0.531. The fourth-order valence-electron chi connectivity index (χ4n) is 1.41. The molecule has 0 saturated heterocycles. The van der Waals surface area contributed by atoms with Gasteiger partial charge in [0.05, 0.1) is 6.54 Å². The van der Waals surface area contributed by atoms with Gasteiger partial charge in [0, 0.05) is 17.5 Å². The number of aliphatic carboxylic acids is 1. The number of rotatable bonds is 7. The number of hydrogen-bond donors (Lipinski definition) is 3. The van der Waals surface area contributed by atoms with E-state index in [0.29, 0.717) is 13.1 Å². The maximum atomic E-state index is 11.5. The molecule has 0 bridgehead atoms. The van der Waals surface area contributed by atoms with Gasteiger partial charge in [-0.05, 0) is 29.5 Å². The minimum Gasteiger partial charge on any atom is -0.478 e. The number of unbranched alkanes of at least 4 members (excludes halogenated alkanes) is 1. The summed E-state index contributed by atoms with van der Waals surface area (Å²) in [6.07, 6.45) is 4.62. The molecule has 0 unspecified atom stereocenters. The van der Waals surface area contributed by atoms with Crippen LogP contribution in [0.25, 0.3) is 6.08 Å². The summed E-state index contributed by atoms with van der Waals surface area (Å²) in [4.78, 5) is 22.8. The molecule has 0 aliphatic carbocycles. The van der Waals surface area contributed by atoms with E-state index in [-0.39, 0.29) is 6.03 Å². The molecule has 5 nitrogen and oxygen atoms in total. The van der Waals surface area contributed by atoms with Crippen molar-refractivity contribution in [2.24, 2.45) is 0 Å². The predicted octanol–water partition coefficient (Wildman–Crippen LogP) is 2.45. The molecule has 3 N–H and O–H groups in total. The minimum absolute atomic E-state index is 0.199. The number of urea groups is 1. The fraction of sp³-hybridized carbons (Fsp3) is 0.385. The van der Waals surface area contributed by atoms with Gasteiger partial charge < -0.3 is 15.7 Å². The Kier molecular flexibility index (Phi) is 6.67. The van der Waals surface area contributed by atoms with Gasteiger partial charge in [-0.2, -0.15) is 0 Å². The summed E-state index contributed by atoms with van der Waals surface area (Å²) in [5.41, 5.74) is 0.821. The number of carbonyl (C=O) groups is 2. The maximum Gasteiger partial charge on any atom is 0.328 e. The first-order chi connectivity index (χ1) is 9.13. The van der Waals surface area contributed by atoms with Crippen molar-refractivity contribution in [3.8, 4) is 0 Å². The molecular weight excluding hydrogens is 264 g/mol. The van der Waals surface area contributed by atoms with Gasteiger partial charge in [-0.15, -0.1) is 11.3 Å². The van der Waals surface area contributed by atoms with E-state index in [2.05, 4.69) is 17.6 Å². The van der Waals surface area contributed by atoms with Gasteiger partial charge in [0.2, 0.25) is 0 Å². The molecule has 0 spiro atoms. The monoisotopic (exact) mass is 282 g/mol. The van der Waals surface area contributed by atoms with Crippen LogP contribution in [-0.4, -0.2) is 23.7 Å². The van der Waals surface area contributed by atoms with Crippen LogP contribution in [0.15, 0.2) is 17.5 Å². The van der Waals surface area contributed by atoms with Crippen molar-refractivity contribution in [2.45, 2.75) is 26.3 Å². The molecular formula is C13H18N2O3S. The summed E-state index contributed by atoms with van der Waals surface area (Å²) in [5, 5.41) is 16.0. The first kappa shape index (κ1) is 15.2. The second-order valence-corrected chi connectivity index (χ2v) is 4.93. The lowest BCUT2D eigenvalue weighted by atomic mass is 10.2. The second kappa shape index (κ2) is 8.31. The first-order valence-corrected chi connectivity index (χ1v) is 7.00. The summed E-state index contributed by atoms with van der Waals surface area (Å²) in [6, 6.07) is 1.63. The molecule has 1 aromatic rings. The van der Waals surface area contributed by atoms with E-state index in [1.807, 2.05) is 11.4 Å². The first-order valence-electron chi connectivity index (χ1n) is 6.12. The predicted molar refractivity (Wildman–Crippen MR) is 76.1 cm³/mol. The molecule has 1 heterocycles. The summed E-state index contributed by atoms with van der Waals surface area (Å²) < 4.78 is 0. The highest BCUT2D eigenvalue weighted by Gasteiger charge is 2.04. The van der Waals surface area contributed by atoms with Gasteiger partial charge in [-0.3, -0.25) is 0 Å². The molecule has 1 rings (SSSR count). The van der Waals surface area contributed by atoms with Gasteiger partial charge >= 0.3 is 12.0 Å². The standard InChI is InChI=1S/C13H18N2O3S/c1-2-3-7-14-13(18)15-9-11-10(6-8-19-11)4-5-12(16)17/h4-6,8H,2-3,7,9H2,1H3,(H,16,17)(H2,14,15,18). The van der Waals surface area contributed by atoms with E-state index in [1.54, 1.807) is 0 Å². The van der Waals surface area contributed by atoms with Crippen molar-refractivity contribution < 1.29 is 14.7 Å².